The number of carbonyl (C=O) groups is 1. The van der Waals surface area contributed by atoms with Crippen LogP contribution in [-0.4, -0.2) is 44.5 Å². The lowest BCUT2D eigenvalue weighted by molar-refractivity contribution is 0.0827. The number of rotatable bonds is 7. The average molecular weight is 510 g/mol. The SMILES string of the molecule is CCNC(=NCc1ccc(OC)c(C)c1)NCc1ccc(C(=O)N(C)C)cc1.I. The molecule has 0 saturated carbocycles. The molecule has 0 heterocycles. The Hall–Kier alpha value is -2.29. The van der Waals surface area contributed by atoms with Crippen molar-refractivity contribution in [2.45, 2.75) is 26.9 Å². The lowest BCUT2D eigenvalue weighted by Crippen LogP contribution is -2.36. The summed E-state index contributed by atoms with van der Waals surface area (Å²) in [4.78, 5) is 18.2. The first-order valence-electron chi connectivity index (χ1n) is 9.41. The Morgan fingerprint density at radius 1 is 1.07 bits per heavy atom. The third-order valence-electron chi connectivity index (χ3n) is 4.29. The summed E-state index contributed by atoms with van der Waals surface area (Å²) >= 11 is 0. The molecular formula is C22H31IN4O2. The second kappa shape index (κ2) is 12.3. The Labute approximate surface area is 190 Å². The van der Waals surface area contributed by atoms with Gasteiger partial charge < -0.3 is 20.3 Å². The molecule has 2 N–H and O–H groups in total. The van der Waals surface area contributed by atoms with E-state index in [1.807, 2.05) is 50.2 Å². The highest BCUT2D eigenvalue weighted by Gasteiger charge is 2.07. The summed E-state index contributed by atoms with van der Waals surface area (Å²) in [6.07, 6.45) is 0. The number of aliphatic imine (C=N–C) groups is 1. The maximum atomic E-state index is 12.0. The van der Waals surface area contributed by atoms with E-state index in [4.69, 9.17) is 4.74 Å². The molecule has 0 aliphatic rings. The number of halogens is 1. The quantitative estimate of drug-likeness (QED) is 0.340. The number of benzene rings is 2. The number of hydrogen-bond acceptors (Lipinski definition) is 3. The fourth-order valence-corrected chi connectivity index (χ4v) is 2.76. The van der Waals surface area contributed by atoms with Gasteiger partial charge >= 0.3 is 0 Å². The van der Waals surface area contributed by atoms with E-state index in [-0.39, 0.29) is 29.9 Å². The first kappa shape index (κ1) is 24.7. The van der Waals surface area contributed by atoms with Crippen LogP contribution < -0.4 is 15.4 Å². The summed E-state index contributed by atoms with van der Waals surface area (Å²) in [7, 11) is 5.18. The van der Waals surface area contributed by atoms with Crippen LogP contribution >= 0.6 is 24.0 Å². The molecule has 0 saturated heterocycles. The first-order valence-corrected chi connectivity index (χ1v) is 9.41. The predicted molar refractivity (Wildman–Crippen MR) is 129 cm³/mol. The van der Waals surface area contributed by atoms with Crippen molar-refractivity contribution in [3.05, 3.63) is 64.7 Å². The van der Waals surface area contributed by atoms with Gasteiger partial charge in [-0.25, -0.2) is 4.99 Å². The number of hydrogen-bond donors (Lipinski definition) is 2. The molecule has 0 aliphatic heterocycles. The van der Waals surface area contributed by atoms with Gasteiger partial charge in [-0.05, 0) is 48.7 Å². The maximum absolute atomic E-state index is 12.0. The van der Waals surface area contributed by atoms with Crippen molar-refractivity contribution in [1.29, 1.82) is 0 Å². The van der Waals surface area contributed by atoms with Gasteiger partial charge in [-0.3, -0.25) is 4.79 Å². The van der Waals surface area contributed by atoms with Gasteiger partial charge in [0, 0.05) is 32.7 Å². The van der Waals surface area contributed by atoms with Gasteiger partial charge in [-0.1, -0.05) is 24.3 Å². The highest BCUT2D eigenvalue weighted by atomic mass is 127. The van der Waals surface area contributed by atoms with Crippen LogP contribution in [-0.2, 0) is 13.1 Å². The van der Waals surface area contributed by atoms with Crippen molar-refractivity contribution >= 4 is 35.8 Å². The number of amides is 1. The molecule has 0 aromatic heterocycles. The molecule has 29 heavy (non-hydrogen) atoms. The minimum absolute atomic E-state index is 0. The normalized spacial score (nSPS) is 10.7. The minimum Gasteiger partial charge on any atom is -0.496 e. The number of ether oxygens (including phenoxy) is 1. The monoisotopic (exact) mass is 510 g/mol. The summed E-state index contributed by atoms with van der Waals surface area (Å²) < 4.78 is 5.30. The second-order valence-electron chi connectivity index (χ2n) is 6.75. The van der Waals surface area contributed by atoms with Crippen LogP contribution in [0.4, 0.5) is 0 Å². The largest absolute Gasteiger partial charge is 0.496 e. The standard InChI is InChI=1S/C22H30N4O2.HI/c1-6-23-22(25-15-18-9-12-20(28-5)16(2)13-18)24-14-17-7-10-19(11-8-17)21(27)26(3)4;/h7-13H,6,14-15H2,1-5H3,(H2,23,24,25);1H. The van der Waals surface area contributed by atoms with Crippen LogP contribution in [0.2, 0.25) is 0 Å². The Morgan fingerprint density at radius 3 is 2.28 bits per heavy atom. The number of nitrogens with one attached hydrogen (secondary N) is 2. The smallest absolute Gasteiger partial charge is 0.253 e. The number of carbonyl (C=O) groups excluding carboxylic acids is 1. The van der Waals surface area contributed by atoms with Crippen molar-refractivity contribution in [3.63, 3.8) is 0 Å². The molecule has 1 amide bonds. The molecule has 2 aromatic rings. The summed E-state index contributed by atoms with van der Waals surface area (Å²) in [5.74, 6) is 1.64. The molecule has 0 aliphatic carbocycles. The Kier molecular flexibility index (Phi) is 10.5. The number of nitrogens with zero attached hydrogens (tertiary/aromatic N) is 2. The van der Waals surface area contributed by atoms with E-state index in [2.05, 4.69) is 21.7 Å². The molecule has 6 nitrogen and oxygen atoms in total. The van der Waals surface area contributed by atoms with Crippen molar-refractivity contribution < 1.29 is 9.53 Å². The first-order chi connectivity index (χ1) is 13.4. The summed E-state index contributed by atoms with van der Waals surface area (Å²) in [5.41, 5.74) is 3.99. The van der Waals surface area contributed by atoms with E-state index in [0.29, 0.717) is 18.7 Å². The molecule has 2 aromatic carbocycles. The zero-order valence-corrected chi connectivity index (χ0v) is 20.1. The lowest BCUT2D eigenvalue weighted by atomic mass is 10.1. The van der Waals surface area contributed by atoms with Gasteiger partial charge in [-0.15, -0.1) is 24.0 Å². The maximum Gasteiger partial charge on any atom is 0.253 e. The van der Waals surface area contributed by atoms with Crippen LogP contribution in [0.3, 0.4) is 0 Å². The summed E-state index contributed by atoms with van der Waals surface area (Å²) in [6, 6.07) is 13.7. The summed E-state index contributed by atoms with van der Waals surface area (Å²) in [5, 5.41) is 6.59. The molecule has 7 heteroatoms. The van der Waals surface area contributed by atoms with Crippen LogP contribution in [0, 0.1) is 6.92 Å². The highest BCUT2D eigenvalue weighted by molar-refractivity contribution is 14.0. The van der Waals surface area contributed by atoms with Crippen LogP contribution in [0.1, 0.15) is 34.0 Å². The minimum atomic E-state index is 0. The van der Waals surface area contributed by atoms with E-state index in [0.717, 1.165) is 34.9 Å². The molecule has 0 radical (unpaired) electrons. The van der Waals surface area contributed by atoms with Gasteiger partial charge in [0.1, 0.15) is 5.75 Å². The van der Waals surface area contributed by atoms with Crippen molar-refractivity contribution in [3.8, 4) is 5.75 Å². The molecule has 2 rings (SSSR count). The third-order valence-corrected chi connectivity index (χ3v) is 4.29. The Bertz CT molecular complexity index is 820. The topological polar surface area (TPSA) is 66.0 Å². The van der Waals surface area contributed by atoms with Crippen molar-refractivity contribution in [2.24, 2.45) is 4.99 Å². The molecule has 0 fully saturated rings. The molecule has 158 valence electrons. The number of methoxy groups -OCH3 is 1. The van der Waals surface area contributed by atoms with E-state index in [1.165, 1.54) is 0 Å². The highest BCUT2D eigenvalue weighted by Crippen LogP contribution is 2.18. The fraction of sp³-hybridized carbons (Fsp3) is 0.364. The molecule has 0 unspecified atom stereocenters. The van der Waals surface area contributed by atoms with Gasteiger partial charge in [0.25, 0.3) is 5.91 Å². The van der Waals surface area contributed by atoms with E-state index in [1.54, 1.807) is 26.1 Å². The van der Waals surface area contributed by atoms with E-state index < -0.39 is 0 Å². The zero-order valence-electron chi connectivity index (χ0n) is 17.8. The van der Waals surface area contributed by atoms with E-state index in [9.17, 15) is 4.79 Å². The van der Waals surface area contributed by atoms with Gasteiger partial charge in [0.2, 0.25) is 0 Å². The molecular weight excluding hydrogens is 479 g/mol. The van der Waals surface area contributed by atoms with Crippen LogP contribution in [0.15, 0.2) is 47.5 Å². The zero-order chi connectivity index (χ0) is 20.5. The molecule has 0 atom stereocenters. The van der Waals surface area contributed by atoms with Gasteiger partial charge in [0.15, 0.2) is 5.96 Å². The lowest BCUT2D eigenvalue weighted by Gasteiger charge is -2.13. The number of guanidine groups is 1. The molecule has 0 spiro atoms. The van der Waals surface area contributed by atoms with E-state index >= 15 is 0 Å². The van der Waals surface area contributed by atoms with Crippen molar-refractivity contribution in [2.75, 3.05) is 27.7 Å². The summed E-state index contributed by atoms with van der Waals surface area (Å²) in [6.45, 7) is 6.06. The van der Waals surface area contributed by atoms with Crippen LogP contribution in [0.5, 0.6) is 5.75 Å². The van der Waals surface area contributed by atoms with Gasteiger partial charge in [-0.2, -0.15) is 0 Å². The predicted octanol–water partition coefficient (Wildman–Crippen LogP) is 3.58. The van der Waals surface area contributed by atoms with Gasteiger partial charge in [0.05, 0.1) is 13.7 Å². The fourth-order valence-electron chi connectivity index (χ4n) is 2.76. The number of aryl methyl sites for hydroxylation is 1. The van der Waals surface area contributed by atoms with Crippen LogP contribution in [0.25, 0.3) is 0 Å². The third kappa shape index (κ3) is 7.56. The van der Waals surface area contributed by atoms with Crippen molar-refractivity contribution in [1.82, 2.24) is 15.5 Å². The average Bonchev–Trinajstić information content (AvgIpc) is 2.70. The molecule has 0 bridgehead atoms. The second-order valence-corrected chi connectivity index (χ2v) is 6.75. The Morgan fingerprint density at radius 2 is 1.72 bits per heavy atom. The Balaban J connectivity index is 0.00000420.